The maximum atomic E-state index is 5.82. The fraction of sp³-hybridized carbons (Fsp3) is 0.300. The average molecular weight is 441 g/mol. The predicted octanol–water partition coefficient (Wildman–Crippen LogP) is 4.53. The molecular weight excluding hydrogens is 420 g/mol. The molecule has 0 amide bonds. The van der Waals surface area contributed by atoms with Crippen molar-refractivity contribution in [1.29, 1.82) is 0 Å². The lowest BCUT2D eigenvalue weighted by Crippen LogP contribution is -2.01. The third kappa shape index (κ3) is 5.33. The topological polar surface area (TPSA) is 95.8 Å². The van der Waals surface area contributed by atoms with Gasteiger partial charge in [0.05, 0.1) is 36.7 Å². The summed E-state index contributed by atoms with van der Waals surface area (Å²) in [7, 11) is 0. The zero-order valence-corrected chi connectivity index (χ0v) is 17.8. The van der Waals surface area contributed by atoms with Gasteiger partial charge in [0.25, 0.3) is 11.8 Å². The molecule has 0 aliphatic heterocycles. The van der Waals surface area contributed by atoms with Crippen LogP contribution in [0.15, 0.2) is 49.1 Å². The largest absolute Gasteiger partial charge is 0.475 e. The molecule has 4 aromatic heterocycles. The van der Waals surface area contributed by atoms with E-state index >= 15 is 0 Å². The molecule has 4 aromatic rings. The third-order valence-corrected chi connectivity index (χ3v) is 5.33. The Morgan fingerprint density at radius 2 is 1.13 bits per heavy atom. The molecule has 0 atom stereocenters. The Balaban J connectivity index is 1.14. The van der Waals surface area contributed by atoms with E-state index in [1.54, 1.807) is 24.8 Å². The van der Waals surface area contributed by atoms with Gasteiger partial charge in [0.2, 0.25) is 0 Å². The van der Waals surface area contributed by atoms with Crippen LogP contribution in [0.4, 0.5) is 0 Å². The smallest absolute Gasteiger partial charge is 0.254 e. The van der Waals surface area contributed by atoms with E-state index in [4.69, 9.17) is 9.47 Å². The molecule has 0 fully saturated rings. The van der Waals surface area contributed by atoms with Gasteiger partial charge in [-0.05, 0) is 49.9 Å². The van der Waals surface area contributed by atoms with Crippen molar-refractivity contribution < 1.29 is 9.47 Å². The number of unbranched alkanes of at least 4 members (excludes halogenated alkanes) is 3. The molecule has 0 unspecified atom stereocenters. The molecule has 8 nitrogen and oxygen atoms in total. The van der Waals surface area contributed by atoms with Crippen LogP contribution in [-0.2, 0) is 0 Å². The van der Waals surface area contributed by atoms with Crippen LogP contribution in [0.2, 0.25) is 0 Å². The highest BCUT2D eigenvalue weighted by Gasteiger charge is 2.13. The fourth-order valence-electron chi connectivity index (χ4n) is 2.80. The van der Waals surface area contributed by atoms with E-state index in [1.165, 1.54) is 0 Å². The van der Waals surface area contributed by atoms with Crippen LogP contribution in [0, 0.1) is 0 Å². The second kappa shape index (κ2) is 10.7. The van der Waals surface area contributed by atoms with Crippen molar-refractivity contribution in [1.82, 2.24) is 27.5 Å². The van der Waals surface area contributed by atoms with Crippen LogP contribution in [0.3, 0.4) is 0 Å². The van der Waals surface area contributed by atoms with E-state index in [1.807, 2.05) is 24.3 Å². The van der Waals surface area contributed by atoms with Gasteiger partial charge in [0.15, 0.2) is 0 Å². The van der Waals surface area contributed by atoms with Gasteiger partial charge in [0, 0.05) is 35.9 Å². The number of pyridine rings is 2. The van der Waals surface area contributed by atoms with Crippen molar-refractivity contribution in [2.24, 2.45) is 0 Å². The molecule has 4 heterocycles. The maximum absolute atomic E-state index is 5.82. The van der Waals surface area contributed by atoms with E-state index in [2.05, 4.69) is 27.5 Å². The molecule has 0 aromatic carbocycles. The molecule has 4 rings (SSSR count). The SMILES string of the molecule is c1cncc(-c2nsnc2OCCCCCCOc2nsnc2-c2cccnc2)c1. The first-order valence-electron chi connectivity index (χ1n) is 9.63. The Hall–Kier alpha value is -2.98. The second-order valence-corrected chi connectivity index (χ2v) is 7.49. The fourth-order valence-corrected chi connectivity index (χ4v) is 3.84. The highest BCUT2D eigenvalue weighted by atomic mass is 32.1. The summed E-state index contributed by atoms with van der Waals surface area (Å²) in [5.74, 6) is 1.16. The maximum Gasteiger partial charge on any atom is 0.254 e. The van der Waals surface area contributed by atoms with Crippen molar-refractivity contribution in [3.05, 3.63) is 49.1 Å². The number of ether oxygens (including phenoxy) is 2. The van der Waals surface area contributed by atoms with E-state index in [9.17, 15) is 0 Å². The summed E-state index contributed by atoms with van der Waals surface area (Å²) in [5, 5.41) is 0. The lowest BCUT2D eigenvalue weighted by molar-refractivity contribution is 0.280. The normalized spacial score (nSPS) is 10.8. The zero-order chi connectivity index (χ0) is 20.4. The molecule has 0 aliphatic rings. The van der Waals surface area contributed by atoms with Crippen LogP contribution in [0.1, 0.15) is 25.7 Å². The van der Waals surface area contributed by atoms with Gasteiger partial charge in [-0.25, -0.2) is 0 Å². The molecule has 0 spiro atoms. The first kappa shape index (κ1) is 20.3. The van der Waals surface area contributed by atoms with E-state index in [-0.39, 0.29) is 0 Å². The highest BCUT2D eigenvalue weighted by molar-refractivity contribution is 6.99. The van der Waals surface area contributed by atoms with Gasteiger partial charge in [0.1, 0.15) is 11.4 Å². The molecule has 0 aliphatic carbocycles. The molecule has 0 bridgehead atoms. The van der Waals surface area contributed by atoms with Crippen molar-refractivity contribution in [2.75, 3.05) is 13.2 Å². The summed E-state index contributed by atoms with van der Waals surface area (Å²) in [4.78, 5) is 8.24. The monoisotopic (exact) mass is 440 g/mol. The Morgan fingerprint density at radius 1 is 0.633 bits per heavy atom. The predicted molar refractivity (Wildman–Crippen MR) is 116 cm³/mol. The first-order chi connectivity index (χ1) is 14.9. The van der Waals surface area contributed by atoms with E-state index < -0.39 is 0 Å². The Bertz CT molecular complexity index is 942. The first-order valence-corrected chi connectivity index (χ1v) is 11.1. The molecule has 0 radical (unpaired) electrons. The molecule has 10 heteroatoms. The van der Waals surface area contributed by atoms with E-state index in [0.29, 0.717) is 25.0 Å². The average Bonchev–Trinajstić information content (AvgIpc) is 3.46. The molecule has 0 N–H and O–H groups in total. The van der Waals surface area contributed by atoms with E-state index in [0.717, 1.165) is 71.7 Å². The van der Waals surface area contributed by atoms with Crippen LogP contribution < -0.4 is 9.47 Å². The van der Waals surface area contributed by atoms with Crippen LogP contribution in [0.5, 0.6) is 11.8 Å². The zero-order valence-electron chi connectivity index (χ0n) is 16.2. The van der Waals surface area contributed by atoms with Crippen LogP contribution in [0.25, 0.3) is 22.5 Å². The molecule has 0 saturated heterocycles. The summed E-state index contributed by atoms with van der Waals surface area (Å²) in [6.07, 6.45) is 11.0. The number of aromatic nitrogens is 6. The summed E-state index contributed by atoms with van der Waals surface area (Å²) < 4.78 is 28.8. The summed E-state index contributed by atoms with van der Waals surface area (Å²) in [6, 6.07) is 7.66. The number of hydrogen-bond acceptors (Lipinski definition) is 10. The van der Waals surface area contributed by atoms with Gasteiger partial charge in [-0.1, -0.05) is 0 Å². The second-order valence-electron chi connectivity index (χ2n) is 6.43. The van der Waals surface area contributed by atoms with Gasteiger partial charge >= 0.3 is 0 Å². The summed E-state index contributed by atoms with van der Waals surface area (Å²) in [5.41, 5.74) is 3.34. The van der Waals surface area contributed by atoms with Gasteiger partial charge in [-0.3, -0.25) is 9.97 Å². The minimum atomic E-state index is 0.579. The Morgan fingerprint density at radius 3 is 1.57 bits per heavy atom. The minimum absolute atomic E-state index is 0.579. The number of nitrogens with zero attached hydrogens (tertiary/aromatic N) is 6. The highest BCUT2D eigenvalue weighted by Crippen LogP contribution is 2.28. The molecule has 154 valence electrons. The Kier molecular flexibility index (Phi) is 7.24. The molecular formula is C20H20N6O2S2. The van der Waals surface area contributed by atoms with Crippen LogP contribution in [-0.4, -0.2) is 40.7 Å². The lowest BCUT2D eigenvalue weighted by atomic mass is 10.2. The van der Waals surface area contributed by atoms with Gasteiger partial charge in [-0.15, -0.1) is 8.75 Å². The minimum Gasteiger partial charge on any atom is -0.475 e. The van der Waals surface area contributed by atoms with Crippen LogP contribution >= 0.6 is 23.5 Å². The summed E-state index contributed by atoms with van der Waals surface area (Å²) in [6.45, 7) is 1.22. The van der Waals surface area contributed by atoms with Gasteiger partial charge < -0.3 is 9.47 Å². The molecule has 30 heavy (non-hydrogen) atoms. The number of rotatable bonds is 11. The standard InChI is InChI=1S/C20H20N6O2S2/c1(3-11-27-19-17(23-29-25-19)15-7-5-9-21-13-15)2-4-12-28-20-18(24-30-26-20)16-8-6-10-22-14-16/h5-10,13-14H,1-4,11-12H2. The quantitative estimate of drug-likeness (QED) is 0.314. The Labute approximate surface area is 182 Å². The third-order valence-electron chi connectivity index (χ3n) is 4.30. The van der Waals surface area contributed by atoms with Crippen molar-refractivity contribution in [2.45, 2.75) is 25.7 Å². The van der Waals surface area contributed by atoms with Gasteiger partial charge in [-0.2, -0.15) is 8.75 Å². The van der Waals surface area contributed by atoms with Crippen molar-refractivity contribution >= 4 is 23.5 Å². The summed E-state index contributed by atoms with van der Waals surface area (Å²) >= 11 is 2.30. The molecule has 0 saturated carbocycles. The number of hydrogen-bond donors (Lipinski definition) is 0. The van der Waals surface area contributed by atoms with Crippen molar-refractivity contribution in [3.8, 4) is 34.3 Å². The lowest BCUT2D eigenvalue weighted by Gasteiger charge is -2.06. The van der Waals surface area contributed by atoms with Crippen molar-refractivity contribution in [3.63, 3.8) is 0 Å².